The molecule has 1 N–H and O–H groups in total. The standard InChI is InChI=1S/C15H22Cl2N2O2/c1-5-21-14(20)15(2,18-8-9-19(3)4)11-6-7-12(16)13(17)10-11/h6-7,10,18H,5,8-9H2,1-4H3. The zero-order chi connectivity index (χ0) is 16.0. The average molecular weight is 333 g/mol. The Balaban J connectivity index is 3.04. The van der Waals surface area contributed by atoms with Gasteiger partial charge in [0, 0.05) is 13.1 Å². The summed E-state index contributed by atoms with van der Waals surface area (Å²) in [6.45, 7) is 5.34. The number of carbonyl (C=O) groups excluding carboxylic acids is 1. The van der Waals surface area contributed by atoms with Gasteiger partial charge in [-0.05, 0) is 45.6 Å². The molecular formula is C15H22Cl2N2O2. The lowest BCUT2D eigenvalue weighted by Gasteiger charge is -2.30. The summed E-state index contributed by atoms with van der Waals surface area (Å²) in [6.07, 6.45) is 0. The van der Waals surface area contributed by atoms with E-state index < -0.39 is 5.54 Å². The number of nitrogens with zero attached hydrogens (tertiary/aromatic N) is 1. The van der Waals surface area contributed by atoms with Crippen LogP contribution in [0.3, 0.4) is 0 Å². The van der Waals surface area contributed by atoms with Crippen molar-refractivity contribution in [2.24, 2.45) is 0 Å². The van der Waals surface area contributed by atoms with Gasteiger partial charge in [0.25, 0.3) is 0 Å². The molecular weight excluding hydrogens is 311 g/mol. The molecule has 1 aromatic rings. The summed E-state index contributed by atoms with van der Waals surface area (Å²) in [5.41, 5.74) is -0.227. The highest BCUT2D eigenvalue weighted by molar-refractivity contribution is 6.42. The third kappa shape index (κ3) is 4.85. The first kappa shape index (κ1) is 18.2. The molecule has 0 aliphatic carbocycles. The molecule has 4 nitrogen and oxygen atoms in total. The number of likely N-dealkylation sites (N-methyl/N-ethyl adjacent to an activating group) is 1. The maximum absolute atomic E-state index is 12.4. The maximum Gasteiger partial charge on any atom is 0.330 e. The Kier molecular flexibility index (Phi) is 6.94. The van der Waals surface area contributed by atoms with Gasteiger partial charge in [-0.1, -0.05) is 29.3 Å². The van der Waals surface area contributed by atoms with Crippen molar-refractivity contribution in [2.75, 3.05) is 33.8 Å². The summed E-state index contributed by atoms with van der Waals surface area (Å²) in [5, 5.41) is 4.13. The molecule has 1 atom stereocenters. The van der Waals surface area contributed by atoms with E-state index in [0.29, 0.717) is 23.2 Å². The zero-order valence-corrected chi connectivity index (χ0v) is 14.4. The predicted molar refractivity (Wildman–Crippen MR) is 87.0 cm³/mol. The molecule has 0 saturated heterocycles. The number of benzene rings is 1. The summed E-state index contributed by atoms with van der Waals surface area (Å²) in [7, 11) is 3.95. The fourth-order valence-electron chi connectivity index (χ4n) is 1.90. The van der Waals surface area contributed by atoms with E-state index in [-0.39, 0.29) is 5.97 Å². The van der Waals surface area contributed by atoms with Crippen LogP contribution in [0.4, 0.5) is 0 Å². The van der Waals surface area contributed by atoms with Gasteiger partial charge in [0.1, 0.15) is 5.54 Å². The second-order valence-corrected chi connectivity index (χ2v) is 6.02. The summed E-state index contributed by atoms with van der Waals surface area (Å²) in [5.74, 6) is -0.331. The van der Waals surface area contributed by atoms with E-state index in [1.807, 2.05) is 19.0 Å². The molecule has 0 aliphatic heterocycles. The molecule has 0 saturated carbocycles. The van der Waals surface area contributed by atoms with Crippen LogP contribution in [0, 0.1) is 0 Å². The third-order valence-electron chi connectivity index (χ3n) is 3.22. The maximum atomic E-state index is 12.4. The Hall–Kier alpha value is -0.810. The number of esters is 1. The summed E-state index contributed by atoms with van der Waals surface area (Å²) in [6, 6.07) is 5.17. The van der Waals surface area contributed by atoms with Crippen LogP contribution in [0.15, 0.2) is 18.2 Å². The molecule has 21 heavy (non-hydrogen) atoms. The van der Waals surface area contributed by atoms with Gasteiger partial charge in [0.2, 0.25) is 0 Å². The zero-order valence-electron chi connectivity index (χ0n) is 12.9. The Bertz CT molecular complexity index is 495. The first-order valence-corrected chi connectivity index (χ1v) is 7.59. The highest BCUT2D eigenvalue weighted by Gasteiger charge is 2.36. The number of carbonyl (C=O) groups is 1. The fraction of sp³-hybridized carbons (Fsp3) is 0.533. The lowest BCUT2D eigenvalue weighted by atomic mass is 9.92. The van der Waals surface area contributed by atoms with Gasteiger partial charge in [-0.2, -0.15) is 0 Å². The van der Waals surface area contributed by atoms with Gasteiger partial charge < -0.3 is 9.64 Å². The monoisotopic (exact) mass is 332 g/mol. The van der Waals surface area contributed by atoms with E-state index in [4.69, 9.17) is 27.9 Å². The van der Waals surface area contributed by atoms with Crippen LogP contribution < -0.4 is 5.32 Å². The first-order valence-electron chi connectivity index (χ1n) is 6.83. The second kappa shape index (κ2) is 7.99. The Morgan fingerprint density at radius 1 is 1.33 bits per heavy atom. The van der Waals surface area contributed by atoms with E-state index in [1.165, 1.54) is 0 Å². The minimum Gasteiger partial charge on any atom is -0.464 e. The number of rotatable bonds is 7. The van der Waals surface area contributed by atoms with E-state index in [1.54, 1.807) is 32.0 Å². The van der Waals surface area contributed by atoms with Crippen molar-refractivity contribution in [2.45, 2.75) is 19.4 Å². The Labute approximate surface area is 136 Å². The average Bonchev–Trinajstić information content (AvgIpc) is 2.41. The molecule has 6 heteroatoms. The summed E-state index contributed by atoms with van der Waals surface area (Å²) < 4.78 is 5.20. The molecule has 1 unspecified atom stereocenters. The number of ether oxygens (including phenoxy) is 1. The van der Waals surface area contributed by atoms with Crippen molar-refractivity contribution >= 4 is 29.2 Å². The molecule has 0 aliphatic rings. The van der Waals surface area contributed by atoms with Crippen molar-refractivity contribution in [3.63, 3.8) is 0 Å². The van der Waals surface area contributed by atoms with Crippen LogP contribution >= 0.6 is 23.2 Å². The molecule has 0 fully saturated rings. The largest absolute Gasteiger partial charge is 0.464 e. The molecule has 0 spiro atoms. The Morgan fingerprint density at radius 3 is 2.52 bits per heavy atom. The van der Waals surface area contributed by atoms with Crippen LogP contribution in [-0.4, -0.2) is 44.7 Å². The van der Waals surface area contributed by atoms with E-state index in [9.17, 15) is 4.79 Å². The van der Waals surface area contributed by atoms with Gasteiger partial charge in [-0.15, -0.1) is 0 Å². The SMILES string of the molecule is CCOC(=O)C(C)(NCCN(C)C)c1ccc(Cl)c(Cl)c1. The van der Waals surface area contributed by atoms with Crippen LogP contribution in [0.25, 0.3) is 0 Å². The van der Waals surface area contributed by atoms with E-state index in [0.717, 1.165) is 12.1 Å². The smallest absolute Gasteiger partial charge is 0.330 e. The molecule has 0 amide bonds. The normalized spacial score (nSPS) is 14.0. The van der Waals surface area contributed by atoms with E-state index >= 15 is 0 Å². The lowest BCUT2D eigenvalue weighted by Crippen LogP contribution is -2.49. The van der Waals surface area contributed by atoms with Crippen molar-refractivity contribution in [3.8, 4) is 0 Å². The lowest BCUT2D eigenvalue weighted by molar-refractivity contribution is -0.151. The topological polar surface area (TPSA) is 41.6 Å². The molecule has 1 aromatic carbocycles. The quantitative estimate of drug-likeness (QED) is 0.779. The second-order valence-electron chi connectivity index (χ2n) is 5.20. The van der Waals surface area contributed by atoms with Gasteiger partial charge >= 0.3 is 5.97 Å². The van der Waals surface area contributed by atoms with Crippen LogP contribution in [0.1, 0.15) is 19.4 Å². The number of nitrogens with one attached hydrogen (secondary N) is 1. The first-order chi connectivity index (χ1) is 9.81. The molecule has 0 heterocycles. The molecule has 0 aromatic heterocycles. The molecule has 1 rings (SSSR count). The molecule has 118 valence electrons. The van der Waals surface area contributed by atoms with Crippen LogP contribution in [-0.2, 0) is 15.1 Å². The summed E-state index contributed by atoms with van der Waals surface area (Å²) in [4.78, 5) is 14.4. The van der Waals surface area contributed by atoms with Crippen molar-refractivity contribution < 1.29 is 9.53 Å². The van der Waals surface area contributed by atoms with Crippen molar-refractivity contribution in [1.29, 1.82) is 0 Å². The number of hydrogen-bond acceptors (Lipinski definition) is 4. The van der Waals surface area contributed by atoms with Gasteiger partial charge in [-0.3, -0.25) is 5.32 Å². The van der Waals surface area contributed by atoms with Crippen molar-refractivity contribution in [1.82, 2.24) is 10.2 Å². The fourth-order valence-corrected chi connectivity index (χ4v) is 2.20. The number of halogens is 2. The number of hydrogen-bond donors (Lipinski definition) is 1. The predicted octanol–water partition coefficient (Wildman–Crippen LogP) is 2.92. The summed E-state index contributed by atoms with van der Waals surface area (Å²) >= 11 is 12.0. The van der Waals surface area contributed by atoms with Crippen LogP contribution in [0.2, 0.25) is 10.0 Å². The molecule has 0 radical (unpaired) electrons. The van der Waals surface area contributed by atoms with Crippen molar-refractivity contribution in [3.05, 3.63) is 33.8 Å². The van der Waals surface area contributed by atoms with Gasteiger partial charge in [0.15, 0.2) is 0 Å². The minimum atomic E-state index is -0.958. The van der Waals surface area contributed by atoms with Gasteiger partial charge in [0.05, 0.1) is 16.7 Å². The highest BCUT2D eigenvalue weighted by Crippen LogP contribution is 2.29. The Morgan fingerprint density at radius 2 is 2.00 bits per heavy atom. The van der Waals surface area contributed by atoms with Gasteiger partial charge in [-0.25, -0.2) is 4.79 Å². The van der Waals surface area contributed by atoms with Crippen LogP contribution in [0.5, 0.6) is 0 Å². The minimum absolute atomic E-state index is 0.325. The molecule has 0 bridgehead atoms. The highest BCUT2D eigenvalue weighted by atomic mass is 35.5. The third-order valence-corrected chi connectivity index (χ3v) is 3.96. The van der Waals surface area contributed by atoms with E-state index in [2.05, 4.69) is 5.32 Å².